The zero-order chi connectivity index (χ0) is 35.0. The number of hydrogen-bond donors (Lipinski definition) is 6. The van der Waals surface area contributed by atoms with Crippen molar-refractivity contribution in [3.63, 3.8) is 0 Å². The number of carbonyl (C=O) groups excluding carboxylic acids is 1. The topological polar surface area (TPSA) is 192 Å². The number of ketones is 1. The first-order valence-corrected chi connectivity index (χ1v) is 17.0. The molecule has 3 heterocycles. The Morgan fingerprint density at radius 1 is 1.14 bits per heavy atom. The number of phenols is 1. The minimum absolute atomic E-state index is 0.0302. The molecule has 12 nitrogen and oxygen atoms in total. The van der Waals surface area contributed by atoms with Gasteiger partial charge in [0.25, 0.3) is 0 Å². The number of carbonyl (C=O) groups is 2. The summed E-state index contributed by atoms with van der Waals surface area (Å²) in [6, 6.07) is 4.06. The maximum atomic E-state index is 12.4. The molecule has 3 fully saturated rings. The predicted molar refractivity (Wildman–Crippen MR) is 174 cm³/mol. The van der Waals surface area contributed by atoms with E-state index in [1.54, 1.807) is 13.0 Å². The maximum absolute atomic E-state index is 12.4. The number of rotatable bonds is 7. The molecule has 9 atom stereocenters. The van der Waals surface area contributed by atoms with Crippen molar-refractivity contribution in [1.29, 1.82) is 0 Å². The van der Waals surface area contributed by atoms with Crippen molar-refractivity contribution in [3.8, 4) is 11.5 Å². The number of aryl methyl sites for hydroxylation is 1. The Morgan fingerprint density at radius 3 is 2.61 bits per heavy atom. The van der Waals surface area contributed by atoms with Crippen LogP contribution in [0.15, 0.2) is 41.0 Å². The SMILES string of the molecule is CC(=O)c1c(C)cc2cc(C(=O)O)cc(OC3OC(CO)C4(CC5C6=C(CC=C6C6(CCO)COCCC6C5C)CO4)C(O)C3O)c2c1O. The van der Waals surface area contributed by atoms with E-state index in [9.17, 15) is 40.2 Å². The molecule has 7 rings (SSSR count). The second-order valence-corrected chi connectivity index (χ2v) is 14.4. The molecule has 1 saturated carbocycles. The Bertz CT molecular complexity index is 1760. The third-order valence-electron chi connectivity index (χ3n) is 12.0. The number of aliphatic hydroxyl groups excluding tert-OH is 4. The second kappa shape index (κ2) is 12.4. The molecule has 2 aromatic carbocycles. The molecule has 0 bridgehead atoms. The summed E-state index contributed by atoms with van der Waals surface area (Å²) in [7, 11) is 0. The summed E-state index contributed by atoms with van der Waals surface area (Å²) in [6.45, 7) is 5.82. The van der Waals surface area contributed by atoms with Crippen molar-refractivity contribution in [2.24, 2.45) is 23.2 Å². The van der Waals surface area contributed by atoms with Crippen LogP contribution in [-0.4, -0.2) is 106 Å². The van der Waals surface area contributed by atoms with Crippen LogP contribution in [0.4, 0.5) is 0 Å². The third kappa shape index (κ3) is 5.06. The molecule has 0 aromatic heterocycles. The summed E-state index contributed by atoms with van der Waals surface area (Å²) < 4.78 is 24.9. The Labute approximate surface area is 283 Å². The standard InChI is InChI=1S/C37H44O12/c1-17-10-21-11-22(34(44)45)12-26(30(21)31(41)28(17)19(3)40)48-35-32(42)33(43)37(27(14-39)49-35)13-23-18(2)24-6-9-46-16-36(24,7-8-38)25-5-4-20(15-47-37)29(23)25/h5,10-12,18,23-24,27,32-33,35,38-39,41-43H,4,6-9,13-16H2,1-3H3,(H,44,45). The lowest BCUT2D eigenvalue weighted by Crippen LogP contribution is -2.69. The fraction of sp³-hybridized carbons (Fsp3) is 0.568. The Balaban J connectivity index is 1.25. The third-order valence-corrected chi connectivity index (χ3v) is 12.0. The van der Waals surface area contributed by atoms with Gasteiger partial charge in [-0.05, 0) is 97.1 Å². The summed E-state index contributed by atoms with van der Waals surface area (Å²) >= 11 is 0. The predicted octanol–water partition coefficient (Wildman–Crippen LogP) is 3.03. The summed E-state index contributed by atoms with van der Waals surface area (Å²) in [5.74, 6) is -2.08. The monoisotopic (exact) mass is 680 g/mol. The molecule has 1 spiro atoms. The van der Waals surface area contributed by atoms with Crippen molar-refractivity contribution >= 4 is 22.5 Å². The van der Waals surface area contributed by atoms with Gasteiger partial charge >= 0.3 is 5.97 Å². The largest absolute Gasteiger partial charge is 0.506 e. The quantitative estimate of drug-likeness (QED) is 0.235. The van der Waals surface area contributed by atoms with Gasteiger partial charge in [-0.25, -0.2) is 4.79 Å². The minimum Gasteiger partial charge on any atom is -0.506 e. The first kappa shape index (κ1) is 34.1. The van der Waals surface area contributed by atoms with Gasteiger partial charge in [0.2, 0.25) is 6.29 Å². The Morgan fingerprint density at radius 2 is 1.92 bits per heavy atom. The summed E-state index contributed by atoms with van der Waals surface area (Å²) in [5, 5.41) is 65.9. The number of carboxylic acids is 1. The minimum atomic E-state index is -1.72. The second-order valence-electron chi connectivity index (χ2n) is 14.4. The van der Waals surface area contributed by atoms with Crippen LogP contribution in [-0.2, 0) is 14.2 Å². The highest BCUT2D eigenvalue weighted by Gasteiger charge is 2.63. The molecule has 0 amide bonds. The van der Waals surface area contributed by atoms with Crippen LogP contribution >= 0.6 is 0 Å². The van der Waals surface area contributed by atoms with Crippen LogP contribution in [0.2, 0.25) is 0 Å². The molecule has 0 radical (unpaired) electrons. The van der Waals surface area contributed by atoms with Gasteiger partial charge in [-0.15, -0.1) is 0 Å². The average molecular weight is 681 g/mol. The van der Waals surface area contributed by atoms with Gasteiger partial charge in [0.1, 0.15) is 35.4 Å². The Kier molecular flexibility index (Phi) is 8.66. The molecule has 264 valence electrons. The molecule has 2 aliphatic carbocycles. The molecule has 49 heavy (non-hydrogen) atoms. The van der Waals surface area contributed by atoms with E-state index >= 15 is 0 Å². The number of aliphatic hydroxyl groups is 4. The molecular formula is C37H44O12. The van der Waals surface area contributed by atoms with Gasteiger partial charge in [-0.1, -0.05) is 19.1 Å². The highest BCUT2D eigenvalue weighted by Crippen LogP contribution is 2.63. The van der Waals surface area contributed by atoms with Gasteiger partial charge in [0, 0.05) is 18.6 Å². The maximum Gasteiger partial charge on any atom is 0.335 e. The van der Waals surface area contributed by atoms with Gasteiger partial charge in [-0.2, -0.15) is 0 Å². The van der Waals surface area contributed by atoms with Crippen LogP contribution in [0.3, 0.4) is 0 Å². The number of benzene rings is 2. The number of aromatic hydroxyl groups is 1. The number of Topliss-reactive ketones (excluding diaryl/α,β-unsaturated/α-hetero) is 1. The molecule has 6 N–H and O–H groups in total. The van der Waals surface area contributed by atoms with Crippen molar-refractivity contribution in [3.05, 3.63) is 57.7 Å². The molecule has 9 unspecified atom stereocenters. The summed E-state index contributed by atoms with van der Waals surface area (Å²) in [6.07, 6.45) is -1.58. The fourth-order valence-corrected chi connectivity index (χ4v) is 9.76. The Hall–Kier alpha value is -3.36. The first-order valence-electron chi connectivity index (χ1n) is 17.0. The molecule has 5 aliphatic rings. The van der Waals surface area contributed by atoms with Crippen molar-refractivity contribution in [1.82, 2.24) is 0 Å². The normalized spacial score (nSPS) is 35.5. The molecular weight excluding hydrogens is 636 g/mol. The number of allylic oxidation sites excluding steroid dienone is 2. The van der Waals surface area contributed by atoms with Crippen LogP contribution in [0.1, 0.15) is 65.8 Å². The molecule has 2 saturated heterocycles. The lowest BCUT2D eigenvalue weighted by Gasteiger charge is -2.57. The van der Waals surface area contributed by atoms with E-state index in [-0.39, 0.29) is 70.5 Å². The number of carboxylic acid groups (broad SMARTS) is 1. The molecule has 12 heteroatoms. The van der Waals surface area contributed by atoms with Crippen LogP contribution in [0.5, 0.6) is 11.5 Å². The van der Waals surface area contributed by atoms with Crippen LogP contribution in [0.25, 0.3) is 10.8 Å². The lowest BCUT2D eigenvalue weighted by atomic mass is 9.51. The highest BCUT2D eigenvalue weighted by atomic mass is 16.7. The van der Waals surface area contributed by atoms with Gasteiger partial charge < -0.3 is 49.6 Å². The van der Waals surface area contributed by atoms with Gasteiger partial charge in [0.05, 0.1) is 36.3 Å². The smallest absolute Gasteiger partial charge is 0.335 e. The zero-order valence-corrected chi connectivity index (χ0v) is 27.8. The van der Waals surface area contributed by atoms with Crippen LogP contribution < -0.4 is 4.74 Å². The van der Waals surface area contributed by atoms with E-state index in [1.807, 2.05) is 0 Å². The lowest BCUT2D eigenvalue weighted by molar-refractivity contribution is -0.325. The number of hydrogen-bond acceptors (Lipinski definition) is 11. The van der Waals surface area contributed by atoms with E-state index in [4.69, 9.17) is 18.9 Å². The molecule has 2 aromatic rings. The first-order chi connectivity index (χ1) is 23.4. The van der Waals surface area contributed by atoms with Gasteiger partial charge in [-0.3, -0.25) is 4.79 Å². The van der Waals surface area contributed by atoms with Gasteiger partial charge in [0.15, 0.2) is 5.78 Å². The summed E-state index contributed by atoms with van der Waals surface area (Å²) in [5.41, 5.74) is 1.83. The number of aromatic carboxylic acids is 1. The van der Waals surface area contributed by atoms with E-state index in [0.717, 1.165) is 23.6 Å². The zero-order valence-electron chi connectivity index (χ0n) is 27.8. The van der Waals surface area contributed by atoms with Crippen molar-refractivity contribution < 1.29 is 59.2 Å². The van der Waals surface area contributed by atoms with E-state index in [0.29, 0.717) is 31.6 Å². The van der Waals surface area contributed by atoms with E-state index in [1.165, 1.54) is 18.6 Å². The highest BCUT2D eigenvalue weighted by molar-refractivity contribution is 6.08. The van der Waals surface area contributed by atoms with Crippen LogP contribution in [0, 0.1) is 30.1 Å². The van der Waals surface area contributed by atoms with E-state index in [2.05, 4.69) is 13.0 Å². The summed E-state index contributed by atoms with van der Waals surface area (Å²) in [4.78, 5) is 24.5. The number of fused-ring (bicyclic) bond motifs is 3. The fourth-order valence-electron chi connectivity index (χ4n) is 9.76. The number of phenolic OH excluding ortho intramolecular Hbond substituents is 1. The molecule has 3 aliphatic heterocycles. The number of ether oxygens (including phenoxy) is 4. The van der Waals surface area contributed by atoms with Crippen molar-refractivity contribution in [2.75, 3.05) is 33.0 Å². The van der Waals surface area contributed by atoms with E-state index < -0.39 is 54.3 Å². The average Bonchev–Trinajstić information content (AvgIpc) is 3.42. The van der Waals surface area contributed by atoms with Crippen molar-refractivity contribution in [2.45, 2.75) is 76.7 Å².